The highest BCUT2D eigenvalue weighted by molar-refractivity contribution is 7.89. The Morgan fingerprint density at radius 3 is 1.86 bits per heavy atom. The summed E-state index contributed by atoms with van der Waals surface area (Å²) in [6.07, 6.45) is 0. The van der Waals surface area contributed by atoms with Gasteiger partial charge in [0.05, 0.1) is 4.90 Å². The number of carbonyl (C=O) groups is 2. The standard InChI is InChI=1S/C25H24N2O5S.2C2H6/c1-18(28)24-17-26(15-16-27(24)33(31,32)23-13-11-22(29)12-14-23)25(30)21-9-7-20(8-10-21)19-5-3-2-4-6-19;2*1-2/h2-14,24,29H,15-17H2,1H3;2*1-2H3. The number of sulfonamides is 1. The van der Waals surface area contributed by atoms with Crippen molar-refractivity contribution < 1.29 is 23.1 Å². The molecule has 1 aliphatic rings. The predicted molar refractivity (Wildman–Crippen MR) is 147 cm³/mol. The van der Waals surface area contributed by atoms with Crippen molar-refractivity contribution in [1.29, 1.82) is 0 Å². The molecule has 1 heterocycles. The average Bonchev–Trinajstić information content (AvgIpc) is 2.95. The lowest BCUT2D eigenvalue weighted by Crippen LogP contribution is -2.58. The minimum absolute atomic E-state index is 0.00129. The van der Waals surface area contributed by atoms with Crippen molar-refractivity contribution >= 4 is 21.7 Å². The normalized spacial score (nSPS) is 15.5. The minimum Gasteiger partial charge on any atom is -0.508 e. The molecule has 1 unspecified atom stereocenters. The van der Waals surface area contributed by atoms with Crippen LogP contribution in [-0.4, -0.2) is 60.1 Å². The molecule has 7 nitrogen and oxygen atoms in total. The van der Waals surface area contributed by atoms with Crippen molar-refractivity contribution in [3.63, 3.8) is 0 Å². The first-order valence-electron chi connectivity index (χ1n) is 12.5. The summed E-state index contributed by atoms with van der Waals surface area (Å²) in [7, 11) is -3.96. The van der Waals surface area contributed by atoms with Crippen LogP contribution in [-0.2, 0) is 14.8 Å². The van der Waals surface area contributed by atoms with Crippen molar-refractivity contribution in [2.75, 3.05) is 19.6 Å². The summed E-state index contributed by atoms with van der Waals surface area (Å²) in [6, 6.07) is 21.2. The molecule has 1 N–H and O–H groups in total. The number of hydrogen-bond acceptors (Lipinski definition) is 5. The fourth-order valence-electron chi connectivity index (χ4n) is 3.94. The number of aromatic hydroxyl groups is 1. The maximum absolute atomic E-state index is 13.1. The molecule has 1 amide bonds. The van der Waals surface area contributed by atoms with Crippen molar-refractivity contribution in [3.05, 3.63) is 84.4 Å². The lowest BCUT2D eigenvalue weighted by atomic mass is 10.0. The molecule has 0 saturated carbocycles. The van der Waals surface area contributed by atoms with Crippen LogP contribution in [0.3, 0.4) is 0 Å². The van der Waals surface area contributed by atoms with Crippen LogP contribution in [0.25, 0.3) is 11.1 Å². The number of nitrogens with zero attached hydrogens (tertiary/aromatic N) is 2. The molecular weight excluding hydrogens is 488 g/mol. The highest BCUT2D eigenvalue weighted by Crippen LogP contribution is 2.25. The van der Waals surface area contributed by atoms with Crippen LogP contribution in [0.4, 0.5) is 0 Å². The molecule has 4 rings (SSSR count). The summed E-state index contributed by atoms with van der Waals surface area (Å²) in [6.45, 7) is 9.47. The van der Waals surface area contributed by atoms with Crippen LogP contribution >= 0.6 is 0 Å². The number of amides is 1. The van der Waals surface area contributed by atoms with Gasteiger partial charge in [-0.15, -0.1) is 0 Å². The third kappa shape index (κ3) is 7.05. The Kier molecular flexibility index (Phi) is 11.0. The number of hydrogen-bond donors (Lipinski definition) is 1. The van der Waals surface area contributed by atoms with Crippen LogP contribution in [0.2, 0.25) is 0 Å². The molecule has 3 aromatic carbocycles. The van der Waals surface area contributed by atoms with E-state index in [2.05, 4.69) is 0 Å². The van der Waals surface area contributed by atoms with Gasteiger partial charge in [0.25, 0.3) is 5.91 Å². The molecular formula is C29H36N2O5S. The number of Topliss-reactive ketones (excluding diaryl/α,β-unsaturated/α-hetero) is 1. The van der Waals surface area contributed by atoms with E-state index in [9.17, 15) is 23.1 Å². The predicted octanol–water partition coefficient (Wildman–Crippen LogP) is 5.22. The molecule has 0 spiro atoms. The number of ketones is 1. The molecule has 8 heteroatoms. The molecule has 0 bridgehead atoms. The molecule has 0 aliphatic carbocycles. The van der Waals surface area contributed by atoms with Gasteiger partial charge in [-0.25, -0.2) is 8.42 Å². The highest BCUT2D eigenvalue weighted by Gasteiger charge is 2.40. The van der Waals surface area contributed by atoms with E-state index in [1.807, 2.05) is 70.2 Å². The fourth-order valence-corrected chi connectivity index (χ4v) is 5.56. The van der Waals surface area contributed by atoms with Crippen molar-refractivity contribution in [2.24, 2.45) is 0 Å². The second-order valence-corrected chi connectivity index (χ2v) is 9.82. The van der Waals surface area contributed by atoms with Crippen LogP contribution in [0, 0.1) is 0 Å². The minimum atomic E-state index is -3.96. The Hall–Kier alpha value is -3.49. The molecule has 0 radical (unpaired) electrons. The highest BCUT2D eigenvalue weighted by atomic mass is 32.2. The second-order valence-electron chi connectivity index (χ2n) is 7.93. The molecule has 1 saturated heterocycles. The van der Waals surface area contributed by atoms with Gasteiger partial charge < -0.3 is 10.0 Å². The van der Waals surface area contributed by atoms with Gasteiger partial charge in [0.2, 0.25) is 10.0 Å². The monoisotopic (exact) mass is 524 g/mol. The van der Waals surface area contributed by atoms with Gasteiger partial charge in [0.15, 0.2) is 0 Å². The lowest BCUT2D eigenvalue weighted by molar-refractivity contribution is -0.121. The Labute approximate surface area is 220 Å². The van der Waals surface area contributed by atoms with E-state index in [1.165, 1.54) is 36.1 Å². The summed E-state index contributed by atoms with van der Waals surface area (Å²) in [4.78, 5) is 27.0. The van der Waals surface area contributed by atoms with Crippen LogP contribution < -0.4 is 0 Å². The molecule has 1 fully saturated rings. The van der Waals surface area contributed by atoms with Gasteiger partial charge in [0.1, 0.15) is 17.6 Å². The van der Waals surface area contributed by atoms with Gasteiger partial charge in [-0.2, -0.15) is 4.31 Å². The lowest BCUT2D eigenvalue weighted by Gasteiger charge is -2.39. The van der Waals surface area contributed by atoms with E-state index in [-0.39, 0.29) is 42.0 Å². The average molecular weight is 525 g/mol. The number of phenolic OH excluding ortho intramolecular Hbond substituents is 1. The topological polar surface area (TPSA) is 95.0 Å². The summed E-state index contributed by atoms with van der Waals surface area (Å²) in [5.74, 6) is -0.636. The van der Waals surface area contributed by atoms with E-state index in [1.54, 1.807) is 12.1 Å². The number of piperazine rings is 1. The molecule has 1 atom stereocenters. The third-order valence-corrected chi connectivity index (χ3v) is 7.69. The van der Waals surface area contributed by atoms with Crippen molar-refractivity contribution in [2.45, 2.75) is 45.6 Å². The summed E-state index contributed by atoms with van der Waals surface area (Å²) >= 11 is 0. The molecule has 3 aromatic rings. The Morgan fingerprint density at radius 1 is 0.784 bits per heavy atom. The molecule has 0 aromatic heterocycles. The second kappa shape index (κ2) is 13.7. The maximum Gasteiger partial charge on any atom is 0.253 e. The van der Waals surface area contributed by atoms with Gasteiger partial charge in [-0.05, 0) is 54.4 Å². The SMILES string of the molecule is CC.CC.CC(=O)C1CN(C(=O)c2ccc(-c3ccccc3)cc2)CCN1S(=O)(=O)c1ccc(O)cc1. The summed E-state index contributed by atoms with van der Waals surface area (Å²) in [5, 5.41) is 9.45. The largest absolute Gasteiger partial charge is 0.508 e. The fraction of sp³-hybridized carbons (Fsp3) is 0.310. The number of phenols is 1. The van der Waals surface area contributed by atoms with Crippen molar-refractivity contribution in [3.8, 4) is 16.9 Å². The van der Waals surface area contributed by atoms with Gasteiger partial charge in [-0.3, -0.25) is 9.59 Å². The van der Waals surface area contributed by atoms with Gasteiger partial charge in [-0.1, -0.05) is 70.2 Å². The number of rotatable bonds is 5. The third-order valence-electron chi connectivity index (χ3n) is 5.77. The smallest absolute Gasteiger partial charge is 0.253 e. The zero-order valence-corrected chi connectivity index (χ0v) is 22.9. The summed E-state index contributed by atoms with van der Waals surface area (Å²) < 4.78 is 27.4. The first-order valence-corrected chi connectivity index (χ1v) is 14.0. The van der Waals surface area contributed by atoms with Gasteiger partial charge >= 0.3 is 0 Å². The summed E-state index contributed by atoms with van der Waals surface area (Å²) in [5.41, 5.74) is 2.51. The van der Waals surface area contributed by atoms with E-state index < -0.39 is 16.1 Å². The Balaban J connectivity index is 0.00000115. The number of benzene rings is 3. The van der Waals surface area contributed by atoms with E-state index in [0.29, 0.717) is 5.56 Å². The Morgan fingerprint density at radius 2 is 1.32 bits per heavy atom. The van der Waals surface area contributed by atoms with Crippen LogP contribution in [0.15, 0.2) is 83.8 Å². The van der Waals surface area contributed by atoms with Crippen molar-refractivity contribution in [1.82, 2.24) is 9.21 Å². The van der Waals surface area contributed by atoms with Gasteiger partial charge in [0, 0.05) is 25.2 Å². The first-order chi connectivity index (χ1) is 17.8. The van der Waals surface area contributed by atoms with E-state index >= 15 is 0 Å². The van der Waals surface area contributed by atoms with Crippen LogP contribution in [0.1, 0.15) is 45.0 Å². The first kappa shape index (κ1) is 29.7. The zero-order chi connectivity index (χ0) is 27.6. The number of carbonyl (C=O) groups excluding carboxylic acids is 2. The molecule has 1 aliphatic heterocycles. The Bertz CT molecular complexity index is 1260. The van der Waals surface area contributed by atoms with Crippen LogP contribution in [0.5, 0.6) is 5.75 Å². The molecule has 198 valence electrons. The molecule has 37 heavy (non-hydrogen) atoms. The van der Waals surface area contributed by atoms with E-state index in [0.717, 1.165) is 15.4 Å². The quantitative estimate of drug-likeness (QED) is 0.494. The maximum atomic E-state index is 13.1. The van der Waals surface area contributed by atoms with E-state index in [4.69, 9.17) is 0 Å². The zero-order valence-electron chi connectivity index (χ0n) is 22.1.